The lowest BCUT2D eigenvalue weighted by atomic mass is 10.0. The summed E-state index contributed by atoms with van der Waals surface area (Å²) in [5.74, 6) is 0.904. The molecule has 1 aromatic rings. The van der Waals surface area contributed by atoms with E-state index in [2.05, 4.69) is 22.9 Å². The molecule has 0 spiro atoms. The molecule has 1 fully saturated rings. The van der Waals surface area contributed by atoms with E-state index in [0.717, 1.165) is 42.5 Å². The molecular formula is C16H22BrNO2. The first-order chi connectivity index (χ1) is 9.76. The van der Waals surface area contributed by atoms with Gasteiger partial charge in [0.2, 0.25) is 0 Å². The van der Waals surface area contributed by atoms with E-state index in [0.29, 0.717) is 12.6 Å². The van der Waals surface area contributed by atoms with E-state index in [1.54, 1.807) is 0 Å². The highest BCUT2D eigenvalue weighted by atomic mass is 79.9. The van der Waals surface area contributed by atoms with Gasteiger partial charge in [0, 0.05) is 23.5 Å². The maximum absolute atomic E-state index is 12.6. The molecule has 2 rings (SSSR count). The van der Waals surface area contributed by atoms with Gasteiger partial charge in [0.15, 0.2) is 0 Å². The van der Waals surface area contributed by atoms with Gasteiger partial charge >= 0.3 is 0 Å². The van der Waals surface area contributed by atoms with Gasteiger partial charge in [-0.1, -0.05) is 28.9 Å². The van der Waals surface area contributed by atoms with Crippen LogP contribution in [0.5, 0.6) is 5.75 Å². The summed E-state index contributed by atoms with van der Waals surface area (Å²) in [5, 5.41) is 0.852. The van der Waals surface area contributed by atoms with E-state index in [1.807, 2.05) is 29.2 Å². The summed E-state index contributed by atoms with van der Waals surface area (Å²) in [6, 6.07) is 7.85. The minimum atomic E-state index is 0.121. The minimum absolute atomic E-state index is 0.121. The van der Waals surface area contributed by atoms with Gasteiger partial charge in [-0.2, -0.15) is 0 Å². The summed E-state index contributed by atoms with van der Waals surface area (Å²) in [6.07, 6.45) is 4.36. The number of rotatable bonds is 5. The molecule has 1 atom stereocenters. The second-order valence-electron chi connectivity index (χ2n) is 5.18. The summed E-state index contributed by atoms with van der Waals surface area (Å²) in [5.41, 5.74) is 0.728. The van der Waals surface area contributed by atoms with Crippen LogP contribution < -0.4 is 4.74 Å². The fraction of sp³-hybridized carbons (Fsp3) is 0.562. The molecule has 0 saturated carbocycles. The first kappa shape index (κ1) is 15.4. The number of likely N-dealkylation sites (tertiary alicyclic amines) is 1. The van der Waals surface area contributed by atoms with Crippen molar-refractivity contribution in [1.29, 1.82) is 0 Å². The smallest absolute Gasteiger partial charge is 0.254 e. The van der Waals surface area contributed by atoms with Crippen molar-refractivity contribution in [2.24, 2.45) is 0 Å². The molecule has 0 radical (unpaired) electrons. The Hall–Kier alpha value is -1.03. The molecule has 1 aliphatic heterocycles. The van der Waals surface area contributed by atoms with Gasteiger partial charge in [0.05, 0.1) is 6.61 Å². The van der Waals surface area contributed by atoms with Crippen molar-refractivity contribution >= 4 is 21.8 Å². The largest absolute Gasteiger partial charge is 0.494 e. The predicted octanol–water partition coefficient (Wildman–Crippen LogP) is 3.87. The van der Waals surface area contributed by atoms with Crippen molar-refractivity contribution in [3.05, 3.63) is 29.8 Å². The number of amides is 1. The number of piperidine rings is 1. The lowest BCUT2D eigenvalue weighted by Crippen LogP contribution is -2.44. The number of carbonyl (C=O) groups is 1. The topological polar surface area (TPSA) is 29.5 Å². The van der Waals surface area contributed by atoms with Crippen LogP contribution in [0, 0.1) is 0 Å². The Kier molecular flexibility index (Phi) is 5.89. The van der Waals surface area contributed by atoms with Crippen LogP contribution in [-0.4, -0.2) is 35.3 Å². The highest BCUT2D eigenvalue weighted by Crippen LogP contribution is 2.22. The maximum Gasteiger partial charge on any atom is 0.254 e. The number of carbonyl (C=O) groups excluding carboxylic acids is 1. The van der Waals surface area contributed by atoms with Gasteiger partial charge < -0.3 is 9.64 Å². The van der Waals surface area contributed by atoms with Crippen molar-refractivity contribution in [3.8, 4) is 5.75 Å². The molecule has 1 aliphatic rings. The van der Waals surface area contributed by atoms with Crippen molar-refractivity contribution in [1.82, 2.24) is 4.90 Å². The Bertz CT molecular complexity index is 450. The van der Waals surface area contributed by atoms with E-state index in [9.17, 15) is 4.79 Å². The van der Waals surface area contributed by atoms with Crippen LogP contribution in [0.2, 0.25) is 0 Å². The van der Waals surface area contributed by atoms with E-state index in [1.165, 1.54) is 6.42 Å². The van der Waals surface area contributed by atoms with Crippen LogP contribution in [0.4, 0.5) is 0 Å². The van der Waals surface area contributed by atoms with Crippen LogP contribution in [0.1, 0.15) is 43.0 Å². The number of halogens is 1. The molecule has 0 bridgehead atoms. The Morgan fingerprint density at radius 2 is 2.30 bits per heavy atom. The molecule has 20 heavy (non-hydrogen) atoms. The van der Waals surface area contributed by atoms with E-state index in [4.69, 9.17) is 4.74 Å². The second kappa shape index (κ2) is 7.67. The zero-order chi connectivity index (χ0) is 14.4. The maximum atomic E-state index is 12.6. The molecule has 0 aromatic heterocycles. The standard InChI is InChI=1S/C16H22BrNO2/c1-2-10-20-15-8-5-6-13(11-15)16(19)18-9-4-3-7-14(18)12-17/h5-6,8,11,14H,2-4,7,9-10,12H2,1H3. The molecule has 4 heteroatoms. The van der Waals surface area contributed by atoms with Gasteiger partial charge in [0.25, 0.3) is 5.91 Å². The zero-order valence-electron chi connectivity index (χ0n) is 12.0. The molecule has 1 aromatic carbocycles. The minimum Gasteiger partial charge on any atom is -0.494 e. The molecule has 1 amide bonds. The summed E-state index contributed by atoms with van der Waals surface area (Å²) in [7, 11) is 0. The Morgan fingerprint density at radius 3 is 3.05 bits per heavy atom. The van der Waals surface area contributed by atoms with E-state index in [-0.39, 0.29) is 5.91 Å². The fourth-order valence-corrected chi connectivity index (χ4v) is 3.21. The molecule has 3 nitrogen and oxygen atoms in total. The monoisotopic (exact) mass is 339 g/mol. The molecule has 110 valence electrons. The summed E-state index contributed by atoms with van der Waals surface area (Å²) >= 11 is 3.52. The Balaban J connectivity index is 2.11. The number of nitrogens with zero attached hydrogens (tertiary/aromatic N) is 1. The Morgan fingerprint density at radius 1 is 1.45 bits per heavy atom. The third-order valence-electron chi connectivity index (χ3n) is 3.62. The van der Waals surface area contributed by atoms with Crippen molar-refractivity contribution in [3.63, 3.8) is 0 Å². The number of benzene rings is 1. The average Bonchev–Trinajstić information content (AvgIpc) is 2.52. The van der Waals surface area contributed by atoms with Gasteiger partial charge in [0.1, 0.15) is 5.75 Å². The molecule has 0 N–H and O–H groups in total. The first-order valence-corrected chi connectivity index (χ1v) is 8.48. The van der Waals surface area contributed by atoms with Crippen LogP contribution in [0.3, 0.4) is 0 Å². The predicted molar refractivity (Wildman–Crippen MR) is 84.7 cm³/mol. The number of hydrogen-bond donors (Lipinski definition) is 0. The third-order valence-corrected chi connectivity index (χ3v) is 4.37. The summed E-state index contributed by atoms with van der Waals surface area (Å²) in [6.45, 7) is 3.61. The van der Waals surface area contributed by atoms with E-state index < -0.39 is 0 Å². The van der Waals surface area contributed by atoms with Crippen LogP contribution in [-0.2, 0) is 0 Å². The second-order valence-corrected chi connectivity index (χ2v) is 5.83. The zero-order valence-corrected chi connectivity index (χ0v) is 13.6. The van der Waals surface area contributed by atoms with Gasteiger partial charge in [-0.25, -0.2) is 0 Å². The van der Waals surface area contributed by atoms with E-state index >= 15 is 0 Å². The quantitative estimate of drug-likeness (QED) is 0.762. The lowest BCUT2D eigenvalue weighted by molar-refractivity contribution is 0.0641. The van der Waals surface area contributed by atoms with Crippen molar-refractivity contribution in [2.45, 2.75) is 38.6 Å². The highest BCUT2D eigenvalue weighted by Gasteiger charge is 2.26. The van der Waals surface area contributed by atoms with Crippen molar-refractivity contribution < 1.29 is 9.53 Å². The van der Waals surface area contributed by atoms with Gasteiger partial charge in [-0.15, -0.1) is 0 Å². The summed E-state index contributed by atoms with van der Waals surface area (Å²) in [4.78, 5) is 14.6. The normalized spacial score (nSPS) is 18.9. The molecule has 1 saturated heterocycles. The van der Waals surface area contributed by atoms with Crippen molar-refractivity contribution in [2.75, 3.05) is 18.5 Å². The number of hydrogen-bond acceptors (Lipinski definition) is 2. The van der Waals surface area contributed by atoms with Crippen LogP contribution in [0.15, 0.2) is 24.3 Å². The molecule has 1 heterocycles. The third kappa shape index (κ3) is 3.75. The molecular weight excluding hydrogens is 318 g/mol. The van der Waals surface area contributed by atoms with Gasteiger partial charge in [-0.05, 0) is 43.9 Å². The van der Waals surface area contributed by atoms with Crippen LogP contribution in [0.25, 0.3) is 0 Å². The molecule has 1 unspecified atom stereocenters. The fourth-order valence-electron chi connectivity index (χ4n) is 2.53. The first-order valence-electron chi connectivity index (χ1n) is 7.36. The molecule has 0 aliphatic carbocycles. The number of alkyl halides is 1. The number of ether oxygens (including phenoxy) is 1. The highest BCUT2D eigenvalue weighted by molar-refractivity contribution is 9.09. The lowest BCUT2D eigenvalue weighted by Gasteiger charge is -2.34. The Labute approximate surface area is 129 Å². The van der Waals surface area contributed by atoms with Gasteiger partial charge in [-0.3, -0.25) is 4.79 Å². The average molecular weight is 340 g/mol. The SMILES string of the molecule is CCCOc1cccc(C(=O)N2CCCCC2CBr)c1. The summed E-state index contributed by atoms with van der Waals surface area (Å²) < 4.78 is 5.61. The van der Waals surface area contributed by atoms with Crippen LogP contribution >= 0.6 is 15.9 Å².